The molecule has 1 rings (SSSR count). The van der Waals surface area contributed by atoms with Crippen molar-refractivity contribution in [2.24, 2.45) is 5.41 Å². The molecule has 0 heterocycles. The summed E-state index contributed by atoms with van der Waals surface area (Å²) in [5.41, 5.74) is 0.684. The van der Waals surface area contributed by atoms with Crippen molar-refractivity contribution in [2.75, 3.05) is 40.4 Å². The first-order valence-corrected chi connectivity index (χ1v) is 7.79. The van der Waals surface area contributed by atoms with Gasteiger partial charge in [0.05, 0.1) is 6.61 Å². The topological polar surface area (TPSA) is 24.5 Å². The van der Waals surface area contributed by atoms with Crippen molar-refractivity contribution < 1.29 is 4.74 Å². The summed E-state index contributed by atoms with van der Waals surface area (Å²) in [6.07, 6.45) is 6.94. The molecule has 0 aromatic rings. The third-order valence-corrected chi connectivity index (χ3v) is 4.19. The van der Waals surface area contributed by atoms with Crippen molar-refractivity contribution in [3.63, 3.8) is 0 Å². The fourth-order valence-corrected chi connectivity index (χ4v) is 3.04. The fourth-order valence-electron chi connectivity index (χ4n) is 3.04. The molecule has 0 aliphatic heterocycles. The first-order chi connectivity index (χ1) is 8.87. The third kappa shape index (κ3) is 6.73. The van der Waals surface area contributed by atoms with Gasteiger partial charge in [-0.3, -0.25) is 0 Å². The van der Waals surface area contributed by atoms with E-state index >= 15 is 0 Å². The number of hydrogen-bond acceptors (Lipinski definition) is 3. The minimum absolute atomic E-state index is 0.218. The van der Waals surface area contributed by atoms with Gasteiger partial charge in [0.25, 0.3) is 0 Å². The van der Waals surface area contributed by atoms with Crippen molar-refractivity contribution in [2.45, 2.75) is 58.4 Å². The molecule has 1 fully saturated rings. The Morgan fingerprint density at radius 3 is 2.32 bits per heavy atom. The first-order valence-electron chi connectivity index (χ1n) is 7.79. The van der Waals surface area contributed by atoms with Gasteiger partial charge in [-0.05, 0) is 46.1 Å². The smallest absolute Gasteiger partial charge is 0.0589 e. The van der Waals surface area contributed by atoms with E-state index < -0.39 is 0 Å². The van der Waals surface area contributed by atoms with Crippen LogP contribution in [0.25, 0.3) is 0 Å². The highest BCUT2D eigenvalue weighted by Gasteiger charge is 2.33. The minimum Gasteiger partial charge on any atom is -0.383 e. The lowest BCUT2D eigenvalue weighted by Crippen LogP contribution is -2.49. The number of ether oxygens (including phenoxy) is 1. The highest BCUT2D eigenvalue weighted by Crippen LogP contribution is 2.36. The predicted octanol–water partition coefficient (Wildman–Crippen LogP) is 2.90. The third-order valence-electron chi connectivity index (χ3n) is 4.19. The lowest BCUT2D eigenvalue weighted by Gasteiger charge is -2.42. The largest absolute Gasteiger partial charge is 0.383 e. The van der Waals surface area contributed by atoms with E-state index in [1.165, 1.54) is 38.6 Å². The van der Waals surface area contributed by atoms with E-state index in [9.17, 15) is 0 Å². The van der Waals surface area contributed by atoms with Crippen LogP contribution >= 0.6 is 0 Å². The lowest BCUT2D eigenvalue weighted by atomic mass is 9.73. The van der Waals surface area contributed by atoms with Crippen LogP contribution in [0.3, 0.4) is 0 Å². The Balaban J connectivity index is 2.54. The van der Waals surface area contributed by atoms with Crippen LogP contribution in [0, 0.1) is 5.41 Å². The number of nitrogens with one attached hydrogen (secondary N) is 1. The molecule has 0 saturated heterocycles. The van der Waals surface area contributed by atoms with E-state index in [1.807, 2.05) is 0 Å². The van der Waals surface area contributed by atoms with Crippen LogP contribution in [0.1, 0.15) is 52.9 Å². The second-order valence-corrected chi connectivity index (χ2v) is 7.39. The average molecular weight is 270 g/mol. The van der Waals surface area contributed by atoms with Crippen LogP contribution in [0.4, 0.5) is 0 Å². The van der Waals surface area contributed by atoms with Crippen LogP contribution in [-0.2, 0) is 4.74 Å². The number of methoxy groups -OCH3 is 1. The van der Waals surface area contributed by atoms with Crippen molar-refractivity contribution >= 4 is 0 Å². The maximum atomic E-state index is 5.19. The molecule has 0 radical (unpaired) electrons. The molecule has 0 unspecified atom stereocenters. The molecule has 1 aliphatic carbocycles. The van der Waals surface area contributed by atoms with E-state index in [0.29, 0.717) is 5.41 Å². The SMILES string of the molecule is COCCN(C)CC1(CNC(C)(C)C)CCCCC1. The van der Waals surface area contributed by atoms with Crippen LogP contribution < -0.4 is 5.32 Å². The first kappa shape index (κ1) is 16.9. The number of rotatable bonds is 7. The quantitative estimate of drug-likeness (QED) is 0.770. The van der Waals surface area contributed by atoms with Gasteiger partial charge in [-0.25, -0.2) is 0 Å². The van der Waals surface area contributed by atoms with Gasteiger partial charge in [-0.1, -0.05) is 19.3 Å². The fraction of sp³-hybridized carbons (Fsp3) is 1.00. The average Bonchev–Trinajstić information content (AvgIpc) is 2.34. The van der Waals surface area contributed by atoms with Crippen molar-refractivity contribution in [1.29, 1.82) is 0 Å². The van der Waals surface area contributed by atoms with Gasteiger partial charge in [0, 0.05) is 32.3 Å². The Bertz CT molecular complexity index is 242. The molecule has 114 valence electrons. The summed E-state index contributed by atoms with van der Waals surface area (Å²) in [4.78, 5) is 2.44. The zero-order chi connectivity index (χ0) is 14.4. The van der Waals surface area contributed by atoms with Gasteiger partial charge >= 0.3 is 0 Å². The number of hydrogen-bond donors (Lipinski definition) is 1. The van der Waals surface area contributed by atoms with E-state index in [-0.39, 0.29) is 5.54 Å². The molecule has 0 amide bonds. The summed E-state index contributed by atoms with van der Waals surface area (Å²) in [6, 6.07) is 0. The molecule has 0 atom stereocenters. The van der Waals surface area contributed by atoms with Gasteiger partial charge in [-0.15, -0.1) is 0 Å². The molecule has 3 nitrogen and oxygen atoms in total. The molecule has 1 aliphatic rings. The Hall–Kier alpha value is -0.120. The second-order valence-electron chi connectivity index (χ2n) is 7.39. The summed E-state index contributed by atoms with van der Waals surface area (Å²) in [5.74, 6) is 0. The summed E-state index contributed by atoms with van der Waals surface area (Å²) in [6.45, 7) is 11.0. The summed E-state index contributed by atoms with van der Waals surface area (Å²) >= 11 is 0. The summed E-state index contributed by atoms with van der Waals surface area (Å²) < 4.78 is 5.19. The maximum absolute atomic E-state index is 5.19. The molecule has 3 heteroatoms. The number of likely N-dealkylation sites (N-methyl/N-ethyl adjacent to an activating group) is 1. The van der Waals surface area contributed by atoms with Crippen molar-refractivity contribution in [3.05, 3.63) is 0 Å². The Morgan fingerprint density at radius 2 is 1.79 bits per heavy atom. The normalized spacial score (nSPS) is 19.9. The van der Waals surface area contributed by atoms with E-state index in [4.69, 9.17) is 4.74 Å². The minimum atomic E-state index is 0.218. The lowest BCUT2D eigenvalue weighted by molar-refractivity contribution is 0.0885. The van der Waals surface area contributed by atoms with Gasteiger partial charge in [0.2, 0.25) is 0 Å². The Kier molecular flexibility index (Phi) is 6.78. The highest BCUT2D eigenvalue weighted by molar-refractivity contribution is 4.89. The molecule has 1 saturated carbocycles. The zero-order valence-electron chi connectivity index (χ0n) is 13.7. The van der Waals surface area contributed by atoms with Gasteiger partial charge in [0.15, 0.2) is 0 Å². The van der Waals surface area contributed by atoms with Crippen LogP contribution in [0.5, 0.6) is 0 Å². The van der Waals surface area contributed by atoms with E-state index in [2.05, 4.69) is 38.0 Å². The summed E-state index contributed by atoms with van der Waals surface area (Å²) in [5, 5.41) is 3.74. The number of nitrogens with zero attached hydrogens (tertiary/aromatic N) is 1. The van der Waals surface area contributed by atoms with E-state index in [0.717, 1.165) is 19.7 Å². The maximum Gasteiger partial charge on any atom is 0.0589 e. The van der Waals surface area contributed by atoms with Crippen LogP contribution in [0.15, 0.2) is 0 Å². The monoisotopic (exact) mass is 270 g/mol. The molecule has 0 aromatic heterocycles. The van der Waals surface area contributed by atoms with Crippen LogP contribution in [-0.4, -0.2) is 50.8 Å². The zero-order valence-corrected chi connectivity index (χ0v) is 13.7. The summed E-state index contributed by atoms with van der Waals surface area (Å²) in [7, 11) is 4.01. The predicted molar refractivity (Wildman–Crippen MR) is 82.6 cm³/mol. The van der Waals surface area contributed by atoms with Gasteiger partial charge < -0.3 is 15.0 Å². The van der Waals surface area contributed by atoms with Crippen LogP contribution in [0.2, 0.25) is 0 Å². The molecule has 19 heavy (non-hydrogen) atoms. The second kappa shape index (κ2) is 7.61. The molecular formula is C16H34N2O. The van der Waals surface area contributed by atoms with Gasteiger partial charge in [-0.2, -0.15) is 0 Å². The highest BCUT2D eigenvalue weighted by atomic mass is 16.5. The Labute approximate surface area is 120 Å². The standard InChI is InChI=1S/C16H34N2O/c1-15(2,3)17-13-16(9-7-6-8-10-16)14-18(4)11-12-19-5/h17H,6-14H2,1-5H3. The van der Waals surface area contributed by atoms with Crippen molar-refractivity contribution in [1.82, 2.24) is 10.2 Å². The van der Waals surface area contributed by atoms with Crippen molar-refractivity contribution in [3.8, 4) is 0 Å². The molecule has 0 aromatic carbocycles. The molecule has 0 bridgehead atoms. The molecular weight excluding hydrogens is 236 g/mol. The van der Waals surface area contributed by atoms with Gasteiger partial charge in [0.1, 0.15) is 0 Å². The van der Waals surface area contributed by atoms with E-state index in [1.54, 1.807) is 7.11 Å². The Morgan fingerprint density at radius 1 is 1.16 bits per heavy atom. The molecule has 1 N–H and O–H groups in total. The molecule has 0 spiro atoms.